The van der Waals surface area contributed by atoms with E-state index in [4.69, 9.17) is 18.9 Å². The minimum Gasteiger partial charge on any atom is -0.434 e. The van der Waals surface area contributed by atoms with E-state index in [0.29, 0.717) is 0 Å². The Labute approximate surface area is 168 Å². The van der Waals surface area contributed by atoms with E-state index in [2.05, 4.69) is 0 Å². The molecule has 1 fully saturated rings. The van der Waals surface area contributed by atoms with Gasteiger partial charge in [-0.05, 0) is 11.1 Å². The van der Waals surface area contributed by atoms with E-state index in [1.54, 1.807) is 0 Å². The second-order valence-electron chi connectivity index (χ2n) is 6.72. The van der Waals surface area contributed by atoms with Crippen LogP contribution in [0.25, 0.3) is 0 Å². The van der Waals surface area contributed by atoms with Crippen LogP contribution >= 0.6 is 0 Å². The van der Waals surface area contributed by atoms with Crippen molar-refractivity contribution in [3.05, 3.63) is 71.8 Å². The summed E-state index contributed by atoms with van der Waals surface area (Å²) in [4.78, 5) is 35.5. The molecule has 0 spiro atoms. The fourth-order valence-electron chi connectivity index (χ4n) is 3.01. The molecule has 29 heavy (non-hydrogen) atoms. The van der Waals surface area contributed by atoms with Crippen LogP contribution in [-0.4, -0.2) is 30.8 Å². The third-order valence-corrected chi connectivity index (χ3v) is 4.51. The van der Waals surface area contributed by atoms with Gasteiger partial charge in [0.25, 0.3) is 0 Å². The van der Waals surface area contributed by atoms with E-state index in [0.717, 1.165) is 11.1 Å². The summed E-state index contributed by atoms with van der Waals surface area (Å²) in [6, 6.07) is 18.4. The maximum Gasteiger partial charge on any atom is 0.508 e. The largest absolute Gasteiger partial charge is 0.508 e. The summed E-state index contributed by atoms with van der Waals surface area (Å²) >= 11 is 0. The molecule has 3 rings (SSSR count). The topological polar surface area (TPSA) is 88.1 Å². The van der Waals surface area contributed by atoms with Gasteiger partial charge < -0.3 is 18.9 Å². The Balaban J connectivity index is 1.41. The van der Waals surface area contributed by atoms with Gasteiger partial charge in [-0.15, -0.1) is 0 Å². The van der Waals surface area contributed by atoms with Gasteiger partial charge in [0.2, 0.25) is 0 Å². The Morgan fingerprint density at radius 1 is 0.759 bits per heavy atom. The number of Topliss-reactive ketones (excluding diaryl/α,β-unsaturated/α-hetero) is 1. The molecule has 0 aliphatic heterocycles. The molecule has 0 saturated heterocycles. The summed E-state index contributed by atoms with van der Waals surface area (Å²) in [7, 11) is 0. The van der Waals surface area contributed by atoms with Gasteiger partial charge >= 0.3 is 12.3 Å². The minimum absolute atomic E-state index is 0.0582. The molecule has 2 aromatic carbocycles. The number of hydrogen-bond acceptors (Lipinski definition) is 7. The lowest BCUT2D eigenvalue weighted by molar-refractivity contribution is -0.118. The average Bonchev–Trinajstić information content (AvgIpc) is 3.09. The number of ether oxygens (including phenoxy) is 4. The SMILES string of the molecule is O=C1C[C@H](COC(=O)OCc2ccccc2)[C@@H](OC(=O)OCc2ccccc2)C1. The Kier molecular flexibility index (Phi) is 7.22. The molecule has 0 unspecified atom stereocenters. The Morgan fingerprint density at radius 3 is 1.90 bits per heavy atom. The van der Waals surface area contributed by atoms with Crippen LogP contribution in [0.1, 0.15) is 24.0 Å². The first-order valence-electron chi connectivity index (χ1n) is 9.32. The van der Waals surface area contributed by atoms with Gasteiger partial charge in [-0.25, -0.2) is 9.59 Å². The highest BCUT2D eigenvalue weighted by molar-refractivity contribution is 5.82. The highest BCUT2D eigenvalue weighted by Gasteiger charge is 2.37. The van der Waals surface area contributed by atoms with Crippen molar-refractivity contribution < 1.29 is 33.3 Å². The molecule has 0 radical (unpaired) electrons. The molecule has 0 bridgehead atoms. The van der Waals surface area contributed by atoms with Crippen LogP contribution in [0.3, 0.4) is 0 Å². The van der Waals surface area contributed by atoms with Gasteiger partial charge in [0, 0.05) is 18.8 Å². The van der Waals surface area contributed by atoms with E-state index in [1.165, 1.54) is 0 Å². The molecule has 1 saturated carbocycles. The quantitative estimate of drug-likeness (QED) is 0.650. The molecular weight excluding hydrogens is 376 g/mol. The fraction of sp³-hybridized carbons (Fsp3) is 0.318. The highest BCUT2D eigenvalue weighted by atomic mass is 16.7. The summed E-state index contributed by atoms with van der Waals surface area (Å²) in [6.45, 7) is 0.0956. The molecule has 7 heteroatoms. The first kappa shape index (κ1) is 20.4. The van der Waals surface area contributed by atoms with Crippen molar-refractivity contribution in [1.29, 1.82) is 0 Å². The van der Waals surface area contributed by atoms with E-state index in [-0.39, 0.29) is 38.4 Å². The van der Waals surface area contributed by atoms with Gasteiger partial charge in [-0.1, -0.05) is 60.7 Å². The number of carbonyl (C=O) groups is 3. The smallest absolute Gasteiger partial charge is 0.434 e. The van der Waals surface area contributed by atoms with Gasteiger partial charge in [0.15, 0.2) is 0 Å². The summed E-state index contributed by atoms with van der Waals surface area (Å²) in [5.74, 6) is -0.479. The second kappa shape index (κ2) is 10.3. The molecule has 0 amide bonds. The van der Waals surface area contributed by atoms with Crippen LogP contribution in [0.4, 0.5) is 9.59 Å². The van der Waals surface area contributed by atoms with Crippen LogP contribution < -0.4 is 0 Å². The lowest BCUT2D eigenvalue weighted by atomic mass is 10.1. The number of carbonyl (C=O) groups excluding carboxylic acids is 3. The number of benzene rings is 2. The van der Waals surface area contributed by atoms with Crippen molar-refractivity contribution in [2.75, 3.05) is 6.61 Å². The summed E-state index contributed by atoms with van der Waals surface area (Å²) < 4.78 is 20.5. The summed E-state index contributed by atoms with van der Waals surface area (Å²) in [5.41, 5.74) is 1.66. The number of hydrogen-bond donors (Lipinski definition) is 0. The highest BCUT2D eigenvalue weighted by Crippen LogP contribution is 2.27. The van der Waals surface area contributed by atoms with E-state index >= 15 is 0 Å². The molecule has 152 valence electrons. The van der Waals surface area contributed by atoms with Crippen LogP contribution in [0, 0.1) is 5.92 Å². The predicted octanol–water partition coefficient (Wildman–Crippen LogP) is 4.04. The predicted molar refractivity (Wildman–Crippen MR) is 102 cm³/mol. The van der Waals surface area contributed by atoms with E-state index in [9.17, 15) is 14.4 Å². The lowest BCUT2D eigenvalue weighted by Crippen LogP contribution is -2.27. The van der Waals surface area contributed by atoms with Crippen LogP contribution in [0.15, 0.2) is 60.7 Å². The van der Waals surface area contributed by atoms with Crippen molar-refractivity contribution in [1.82, 2.24) is 0 Å². The van der Waals surface area contributed by atoms with Crippen LogP contribution in [0.5, 0.6) is 0 Å². The molecule has 0 N–H and O–H groups in total. The van der Waals surface area contributed by atoms with Crippen LogP contribution in [-0.2, 0) is 37.0 Å². The minimum atomic E-state index is -0.856. The van der Waals surface area contributed by atoms with Crippen molar-refractivity contribution in [3.63, 3.8) is 0 Å². The molecule has 2 aromatic rings. The van der Waals surface area contributed by atoms with Gasteiger partial charge in [-0.3, -0.25) is 4.79 Å². The summed E-state index contributed by atoms with van der Waals surface area (Å²) in [6.07, 6.45) is -2.13. The van der Waals surface area contributed by atoms with Gasteiger partial charge in [0.05, 0.1) is 0 Å². The van der Waals surface area contributed by atoms with Crippen molar-refractivity contribution >= 4 is 18.1 Å². The van der Waals surface area contributed by atoms with Gasteiger partial charge in [-0.2, -0.15) is 0 Å². The lowest BCUT2D eigenvalue weighted by Gasteiger charge is -2.18. The normalized spacial score (nSPS) is 18.1. The number of ketones is 1. The standard InChI is InChI=1S/C22H22O7/c23-19-11-18(15-28-21(24)26-13-16-7-3-1-4-8-16)20(12-19)29-22(25)27-14-17-9-5-2-6-10-17/h1-10,18,20H,11-15H2/t18-,20+/m1/s1. The fourth-order valence-corrected chi connectivity index (χ4v) is 3.01. The Morgan fingerprint density at radius 2 is 1.31 bits per heavy atom. The van der Waals surface area contributed by atoms with Crippen LogP contribution in [0.2, 0.25) is 0 Å². The monoisotopic (exact) mass is 398 g/mol. The van der Waals surface area contributed by atoms with E-state index in [1.807, 2.05) is 60.7 Å². The molecular formula is C22H22O7. The molecule has 7 nitrogen and oxygen atoms in total. The zero-order valence-electron chi connectivity index (χ0n) is 15.8. The van der Waals surface area contributed by atoms with Crippen molar-refractivity contribution in [2.24, 2.45) is 5.92 Å². The number of rotatable bonds is 7. The summed E-state index contributed by atoms with van der Waals surface area (Å²) in [5, 5.41) is 0. The third-order valence-electron chi connectivity index (χ3n) is 4.51. The van der Waals surface area contributed by atoms with Crippen molar-refractivity contribution in [3.8, 4) is 0 Å². The molecule has 1 aliphatic carbocycles. The van der Waals surface area contributed by atoms with E-state index < -0.39 is 24.3 Å². The Hall–Kier alpha value is -3.35. The Bertz CT molecular complexity index is 820. The molecule has 0 aromatic heterocycles. The maximum absolute atomic E-state index is 11.9. The average molecular weight is 398 g/mol. The molecule has 1 aliphatic rings. The molecule has 0 heterocycles. The maximum atomic E-state index is 11.9. The van der Waals surface area contributed by atoms with Crippen molar-refractivity contribution in [2.45, 2.75) is 32.2 Å². The molecule has 2 atom stereocenters. The third kappa shape index (κ3) is 6.64. The zero-order valence-corrected chi connectivity index (χ0v) is 15.8. The zero-order chi connectivity index (χ0) is 20.5. The first-order valence-corrected chi connectivity index (χ1v) is 9.32. The second-order valence-corrected chi connectivity index (χ2v) is 6.72. The first-order chi connectivity index (χ1) is 14.1. The van der Waals surface area contributed by atoms with Gasteiger partial charge in [0.1, 0.15) is 31.7 Å².